The second-order valence-corrected chi connectivity index (χ2v) is 6.95. The Morgan fingerprint density at radius 2 is 2.08 bits per heavy atom. The van der Waals surface area contributed by atoms with Gasteiger partial charge in [0.1, 0.15) is 0 Å². The van der Waals surface area contributed by atoms with E-state index in [0.29, 0.717) is 18.5 Å². The number of aromatic amines is 1. The van der Waals surface area contributed by atoms with Gasteiger partial charge in [0.2, 0.25) is 5.91 Å². The number of hydrogen-bond acceptors (Lipinski definition) is 3. The van der Waals surface area contributed by atoms with E-state index in [1.54, 1.807) is 6.20 Å². The molecule has 2 aromatic rings. The molecule has 1 aromatic carbocycles. The third-order valence-corrected chi connectivity index (χ3v) is 5.18. The minimum Gasteiger partial charge on any atom is -0.341 e. The van der Waals surface area contributed by atoms with Crippen LogP contribution in [-0.4, -0.2) is 41.5 Å². The van der Waals surface area contributed by atoms with Crippen molar-refractivity contribution in [3.63, 3.8) is 0 Å². The van der Waals surface area contributed by atoms with E-state index < -0.39 is 0 Å². The molecule has 1 unspecified atom stereocenters. The van der Waals surface area contributed by atoms with Gasteiger partial charge in [-0.2, -0.15) is 0 Å². The first-order valence-corrected chi connectivity index (χ1v) is 8.84. The number of nitrogens with one attached hydrogen (secondary N) is 2. The van der Waals surface area contributed by atoms with Gasteiger partial charge in [0.25, 0.3) is 5.56 Å². The van der Waals surface area contributed by atoms with Crippen molar-refractivity contribution in [2.75, 3.05) is 19.6 Å². The summed E-state index contributed by atoms with van der Waals surface area (Å²) in [5.74, 6) is 0.499. The van der Waals surface area contributed by atoms with Crippen molar-refractivity contribution in [3.05, 3.63) is 46.4 Å². The Morgan fingerprint density at radius 1 is 1.21 bits per heavy atom. The number of amides is 1. The third kappa shape index (κ3) is 3.08. The van der Waals surface area contributed by atoms with Crippen LogP contribution in [0, 0.1) is 0 Å². The van der Waals surface area contributed by atoms with E-state index in [1.165, 1.54) is 18.4 Å². The highest BCUT2D eigenvalue weighted by Gasteiger charge is 2.27. The van der Waals surface area contributed by atoms with Gasteiger partial charge in [-0.05, 0) is 48.8 Å². The average Bonchev–Trinajstić information content (AvgIpc) is 3.44. The molecule has 2 aliphatic rings. The lowest BCUT2D eigenvalue weighted by atomic mass is 9.87. The fourth-order valence-corrected chi connectivity index (χ4v) is 3.69. The van der Waals surface area contributed by atoms with Crippen molar-refractivity contribution in [1.82, 2.24) is 15.2 Å². The molecule has 4 rings (SSSR count). The molecule has 1 saturated carbocycles. The molecule has 1 aromatic heterocycles. The topological polar surface area (TPSA) is 65.2 Å². The molecule has 2 N–H and O–H groups in total. The van der Waals surface area contributed by atoms with E-state index in [1.807, 2.05) is 23.1 Å². The highest BCUT2D eigenvalue weighted by atomic mass is 16.2. The zero-order valence-corrected chi connectivity index (χ0v) is 13.8. The van der Waals surface area contributed by atoms with Crippen molar-refractivity contribution in [1.29, 1.82) is 0 Å². The highest BCUT2D eigenvalue weighted by Crippen LogP contribution is 2.31. The van der Waals surface area contributed by atoms with Gasteiger partial charge in [0, 0.05) is 36.6 Å². The van der Waals surface area contributed by atoms with Crippen LogP contribution < -0.4 is 10.9 Å². The average molecular weight is 325 g/mol. The minimum atomic E-state index is -0.0493. The van der Waals surface area contributed by atoms with Crippen LogP contribution in [0.4, 0.5) is 0 Å². The summed E-state index contributed by atoms with van der Waals surface area (Å²) in [7, 11) is 0. The number of hydrogen-bond donors (Lipinski definition) is 2. The molecule has 1 aliphatic heterocycles. The summed E-state index contributed by atoms with van der Waals surface area (Å²) in [6, 6.07) is 8.44. The number of carbonyl (C=O) groups is 1. The Morgan fingerprint density at radius 3 is 2.92 bits per heavy atom. The molecule has 0 spiro atoms. The van der Waals surface area contributed by atoms with E-state index in [2.05, 4.69) is 16.4 Å². The van der Waals surface area contributed by atoms with Crippen molar-refractivity contribution in [2.45, 2.75) is 37.6 Å². The normalized spacial score (nSPS) is 21.2. The van der Waals surface area contributed by atoms with Gasteiger partial charge in [-0.15, -0.1) is 0 Å². The lowest BCUT2D eigenvalue weighted by Crippen LogP contribution is -2.43. The second-order valence-electron chi connectivity index (χ2n) is 6.95. The first kappa shape index (κ1) is 15.4. The maximum atomic E-state index is 12.4. The number of carbonyl (C=O) groups excluding carboxylic acids is 1. The third-order valence-electron chi connectivity index (χ3n) is 5.18. The Kier molecular flexibility index (Phi) is 4.10. The number of benzene rings is 1. The molecular weight excluding hydrogens is 302 g/mol. The van der Waals surface area contributed by atoms with Crippen molar-refractivity contribution in [3.8, 4) is 0 Å². The predicted molar refractivity (Wildman–Crippen MR) is 94.1 cm³/mol. The number of piperidine rings is 1. The maximum absolute atomic E-state index is 12.4. The van der Waals surface area contributed by atoms with Crippen molar-refractivity contribution < 1.29 is 4.79 Å². The van der Waals surface area contributed by atoms with Gasteiger partial charge in [0.05, 0.1) is 6.54 Å². The maximum Gasteiger partial charge on any atom is 0.255 e. The molecule has 5 heteroatoms. The largest absolute Gasteiger partial charge is 0.341 e. The van der Waals surface area contributed by atoms with Crippen LogP contribution in [0.25, 0.3) is 10.8 Å². The van der Waals surface area contributed by atoms with E-state index in [4.69, 9.17) is 0 Å². The van der Waals surface area contributed by atoms with Gasteiger partial charge in [-0.1, -0.05) is 12.1 Å². The fraction of sp³-hybridized carbons (Fsp3) is 0.474. The molecule has 126 valence electrons. The van der Waals surface area contributed by atoms with Crippen LogP contribution in [0.1, 0.15) is 37.2 Å². The quantitative estimate of drug-likeness (QED) is 0.903. The van der Waals surface area contributed by atoms with E-state index in [9.17, 15) is 9.59 Å². The van der Waals surface area contributed by atoms with Crippen LogP contribution in [-0.2, 0) is 4.79 Å². The summed E-state index contributed by atoms with van der Waals surface area (Å²) in [6.45, 7) is 2.04. The molecule has 24 heavy (non-hydrogen) atoms. The molecule has 1 amide bonds. The summed E-state index contributed by atoms with van der Waals surface area (Å²) in [5.41, 5.74) is 1.14. The number of pyridine rings is 1. The lowest BCUT2D eigenvalue weighted by molar-refractivity contribution is -0.131. The summed E-state index contributed by atoms with van der Waals surface area (Å²) in [4.78, 5) is 29.2. The zero-order chi connectivity index (χ0) is 16.5. The number of fused-ring (bicyclic) bond motifs is 1. The van der Waals surface area contributed by atoms with Crippen LogP contribution in [0.15, 0.2) is 35.3 Å². The minimum absolute atomic E-state index is 0.0493. The Bertz CT molecular complexity index is 810. The smallest absolute Gasteiger partial charge is 0.255 e. The summed E-state index contributed by atoms with van der Waals surface area (Å²) in [5, 5.41) is 5.05. The van der Waals surface area contributed by atoms with E-state index >= 15 is 0 Å². The highest BCUT2D eigenvalue weighted by molar-refractivity contribution is 5.85. The number of rotatable bonds is 4. The van der Waals surface area contributed by atoms with Crippen LogP contribution in [0.5, 0.6) is 0 Å². The van der Waals surface area contributed by atoms with Crippen molar-refractivity contribution >= 4 is 16.7 Å². The molecular formula is C19H23N3O2. The first-order chi connectivity index (χ1) is 11.7. The Hall–Kier alpha value is -2.14. The van der Waals surface area contributed by atoms with Gasteiger partial charge in [-0.25, -0.2) is 0 Å². The Labute approximate surface area is 141 Å². The molecule has 2 heterocycles. The lowest BCUT2D eigenvalue weighted by Gasteiger charge is -2.33. The molecule has 0 bridgehead atoms. The molecule has 1 saturated heterocycles. The van der Waals surface area contributed by atoms with E-state index in [0.717, 1.165) is 36.7 Å². The van der Waals surface area contributed by atoms with Gasteiger partial charge in [0.15, 0.2) is 0 Å². The number of nitrogens with zero attached hydrogens (tertiary/aromatic N) is 1. The van der Waals surface area contributed by atoms with Crippen molar-refractivity contribution in [2.24, 2.45) is 0 Å². The van der Waals surface area contributed by atoms with Crippen LogP contribution in [0.2, 0.25) is 0 Å². The SMILES string of the molecule is O=C(CNC1CC1)N1CCCC(c2cccc3c(=O)[nH]ccc23)C1. The monoisotopic (exact) mass is 325 g/mol. The molecule has 2 fully saturated rings. The van der Waals surface area contributed by atoms with E-state index in [-0.39, 0.29) is 11.5 Å². The summed E-state index contributed by atoms with van der Waals surface area (Å²) >= 11 is 0. The number of likely N-dealkylation sites (tertiary alicyclic amines) is 1. The molecule has 1 aliphatic carbocycles. The summed E-state index contributed by atoms with van der Waals surface area (Å²) < 4.78 is 0. The van der Waals surface area contributed by atoms with Gasteiger partial charge < -0.3 is 15.2 Å². The van der Waals surface area contributed by atoms with Gasteiger partial charge in [-0.3, -0.25) is 9.59 Å². The number of H-pyrrole nitrogens is 1. The Balaban J connectivity index is 1.54. The standard InChI is InChI=1S/C19H23N3O2/c23-18(11-21-14-6-7-14)22-10-2-3-13(12-22)15-4-1-5-17-16(15)8-9-20-19(17)24/h1,4-5,8-9,13-14,21H,2-3,6-7,10-12H2,(H,20,24). The summed E-state index contributed by atoms with van der Waals surface area (Å²) in [6.07, 6.45) is 6.17. The predicted octanol–water partition coefficient (Wildman–Crippen LogP) is 1.99. The van der Waals surface area contributed by atoms with Crippen LogP contribution in [0.3, 0.4) is 0 Å². The number of aromatic nitrogens is 1. The van der Waals surface area contributed by atoms with Gasteiger partial charge >= 0.3 is 0 Å². The molecule has 1 atom stereocenters. The first-order valence-electron chi connectivity index (χ1n) is 8.84. The zero-order valence-electron chi connectivity index (χ0n) is 13.8. The fourth-order valence-electron chi connectivity index (χ4n) is 3.69. The molecule has 5 nitrogen and oxygen atoms in total. The van der Waals surface area contributed by atoms with Crippen LogP contribution >= 0.6 is 0 Å². The molecule has 0 radical (unpaired) electrons. The second kappa shape index (κ2) is 6.40.